The Hall–Kier alpha value is -2.98. The van der Waals surface area contributed by atoms with Crippen LogP contribution in [0.4, 0.5) is 5.69 Å². The fraction of sp³-hybridized carbons (Fsp3) is 0.350. The third-order valence-corrected chi connectivity index (χ3v) is 5.77. The summed E-state index contributed by atoms with van der Waals surface area (Å²) in [6.07, 6.45) is 0.673. The minimum absolute atomic E-state index is 0.0460. The number of methoxy groups -OCH3 is 2. The van der Waals surface area contributed by atoms with Gasteiger partial charge >= 0.3 is 0 Å². The predicted octanol–water partition coefficient (Wildman–Crippen LogP) is 2.17. The summed E-state index contributed by atoms with van der Waals surface area (Å²) in [6, 6.07) is 9.39. The van der Waals surface area contributed by atoms with E-state index in [9.17, 15) is 13.2 Å². The molecule has 2 aromatic carbocycles. The summed E-state index contributed by atoms with van der Waals surface area (Å²) < 4.78 is 48.9. The van der Waals surface area contributed by atoms with E-state index in [1.165, 1.54) is 26.4 Å². The SMILES string of the molecule is COc1cc(NC(=O)CCNS(=O)(=O)c2ccc3c(c2)OCCCO3)cc(OC)c1. The molecule has 1 aliphatic rings. The minimum Gasteiger partial charge on any atom is -0.497 e. The molecule has 9 nitrogen and oxygen atoms in total. The molecule has 2 aromatic rings. The molecule has 0 radical (unpaired) electrons. The van der Waals surface area contributed by atoms with Crippen LogP contribution in [0.5, 0.6) is 23.0 Å². The number of hydrogen-bond acceptors (Lipinski definition) is 7. The van der Waals surface area contributed by atoms with Crippen LogP contribution >= 0.6 is 0 Å². The number of benzene rings is 2. The lowest BCUT2D eigenvalue weighted by Gasteiger charge is -2.12. The molecule has 0 saturated carbocycles. The van der Waals surface area contributed by atoms with Gasteiger partial charge in [-0.1, -0.05) is 0 Å². The quantitative estimate of drug-likeness (QED) is 0.652. The molecular formula is C20H24N2O7S. The van der Waals surface area contributed by atoms with Gasteiger partial charge in [0.25, 0.3) is 0 Å². The summed E-state index contributed by atoms with van der Waals surface area (Å²) in [5.74, 6) is 1.60. The first kappa shape index (κ1) is 21.7. The molecule has 0 spiro atoms. The summed E-state index contributed by atoms with van der Waals surface area (Å²) in [4.78, 5) is 12.2. The van der Waals surface area contributed by atoms with Crippen molar-refractivity contribution in [3.05, 3.63) is 36.4 Å². The summed E-state index contributed by atoms with van der Waals surface area (Å²) in [5, 5.41) is 2.69. The summed E-state index contributed by atoms with van der Waals surface area (Å²) in [6.45, 7) is 0.911. The molecule has 3 rings (SSSR count). The van der Waals surface area contributed by atoms with E-state index in [0.717, 1.165) is 6.42 Å². The molecule has 1 amide bonds. The smallest absolute Gasteiger partial charge is 0.240 e. The van der Waals surface area contributed by atoms with E-state index < -0.39 is 10.0 Å². The Kier molecular flexibility index (Phi) is 7.01. The molecule has 162 valence electrons. The highest BCUT2D eigenvalue weighted by molar-refractivity contribution is 7.89. The van der Waals surface area contributed by atoms with E-state index in [2.05, 4.69) is 10.0 Å². The van der Waals surface area contributed by atoms with E-state index in [1.54, 1.807) is 24.3 Å². The van der Waals surface area contributed by atoms with Gasteiger partial charge in [0.2, 0.25) is 15.9 Å². The van der Waals surface area contributed by atoms with Crippen molar-refractivity contribution in [1.29, 1.82) is 0 Å². The summed E-state index contributed by atoms with van der Waals surface area (Å²) >= 11 is 0. The monoisotopic (exact) mass is 436 g/mol. The second kappa shape index (κ2) is 9.68. The first-order valence-electron chi connectivity index (χ1n) is 9.33. The van der Waals surface area contributed by atoms with Crippen LogP contribution in [0.1, 0.15) is 12.8 Å². The predicted molar refractivity (Wildman–Crippen MR) is 110 cm³/mol. The topological polar surface area (TPSA) is 112 Å². The Morgan fingerprint density at radius 1 is 1.00 bits per heavy atom. The molecule has 0 fully saturated rings. The van der Waals surface area contributed by atoms with Crippen LogP contribution < -0.4 is 29.0 Å². The molecule has 0 saturated heterocycles. The average molecular weight is 436 g/mol. The second-order valence-electron chi connectivity index (χ2n) is 6.46. The lowest BCUT2D eigenvalue weighted by Crippen LogP contribution is -2.27. The van der Waals surface area contributed by atoms with Crippen molar-refractivity contribution in [2.24, 2.45) is 0 Å². The molecule has 0 bridgehead atoms. The Labute approximate surface area is 175 Å². The molecule has 10 heteroatoms. The van der Waals surface area contributed by atoms with Crippen molar-refractivity contribution in [2.75, 3.05) is 39.3 Å². The number of carbonyl (C=O) groups excluding carboxylic acids is 1. The van der Waals surface area contributed by atoms with Gasteiger partial charge in [0.1, 0.15) is 11.5 Å². The van der Waals surface area contributed by atoms with Gasteiger partial charge in [-0.05, 0) is 12.1 Å². The van der Waals surface area contributed by atoms with E-state index in [1.807, 2.05) is 0 Å². The highest BCUT2D eigenvalue weighted by Crippen LogP contribution is 2.31. The first-order chi connectivity index (χ1) is 14.4. The number of amides is 1. The first-order valence-corrected chi connectivity index (χ1v) is 10.8. The van der Waals surface area contributed by atoms with Crippen LogP contribution in [0.25, 0.3) is 0 Å². The Morgan fingerprint density at radius 3 is 2.33 bits per heavy atom. The van der Waals surface area contributed by atoms with Crippen molar-refractivity contribution in [3.8, 4) is 23.0 Å². The largest absolute Gasteiger partial charge is 0.497 e. The Bertz CT molecular complexity index is 986. The van der Waals surface area contributed by atoms with Crippen LogP contribution in [0, 0.1) is 0 Å². The molecular weight excluding hydrogens is 412 g/mol. The van der Waals surface area contributed by atoms with Crippen LogP contribution in [0.15, 0.2) is 41.3 Å². The lowest BCUT2D eigenvalue weighted by atomic mass is 10.2. The average Bonchev–Trinajstić information content (AvgIpc) is 2.98. The molecule has 0 aromatic heterocycles. The molecule has 1 heterocycles. The number of rotatable bonds is 8. The van der Waals surface area contributed by atoms with Crippen LogP contribution in [0.2, 0.25) is 0 Å². The zero-order valence-corrected chi connectivity index (χ0v) is 17.6. The fourth-order valence-corrected chi connectivity index (χ4v) is 3.84. The standard InChI is InChI=1S/C20H24N2O7S/c1-26-15-10-14(11-16(12-15)27-2)22-20(23)6-7-21-30(24,25)17-4-5-18-19(13-17)29-9-3-8-28-18/h4-5,10-13,21H,3,6-9H2,1-2H3,(H,22,23). The third-order valence-electron chi connectivity index (χ3n) is 4.31. The van der Waals surface area contributed by atoms with Crippen LogP contribution in [0.3, 0.4) is 0 Å². The van der Waals surface area contributed by atoms with Crippen molar-refractivity contribution in [1.82, 2.24) is 4.72 Å². The molecule has 0 aliphatic carbocycles. The zero-order valence-electron chi connectivity index (χ0n) is 16.8. The maximum Gasteiger partial charge on any atom is 0.240 e. The molecule has 0 atom stereocenters. The fourth-order valence-electron chi connectivity index (χ4n) is 2.80. The number of ether oxygens (including phenoxy) is 4. The Balaban J connectivity index is 1.58. The van der Waals surface area contributed by atoms with Gasteiger partial charge in [-0.25, -0.2) is 13.1 Å². The molecule has 2 N–H and O–H groups in total. The number of carbonyl (C=O) groups is 1. The minimum atomic E-state index is -3.80. The summed E-state index contributed by atoms with van der Waals surface area (Å²) in [5.41, 5.74) is 0.488. The normalized spacial score (nSPS) is 13.3. The van der Waals surface area contributed by atoms with Crippen molar-refractivity contribution in [3.63, 3.8) is 0 Å². The number of anilines is 1. The van der Waals surface area contributed by atoms with E-state index >= 15 is 0 Å². The number of hydrogen-bond donors (Lipinski definition) is 2. The van der Waals surface area contributed by atoms with E-state index in [-0.39, 0.29) is 23.8 Å². The molecule has 30 heavy (non-hydrogen) atoms. The van der Waals surface area contributed by atoms with Crippen molar-refractivity contribution < 1.29 is 32.2 Å². The van der Waals surface area contributed by atoms with Gasteiger partial charge in [0, 0.05) is 49.3 Å². The van der Waals surface area contributed by atoms with Gasteiger partial charge < -0.3 is 24.3 Å². The zero-order chi connectivity index (χ0) is 21.6. The highest BCUT2D eigenvalue weighted by Gasteiger charge is 2.19. The number of sulfonamides is 1. The van der Waals surface area contributed by atoms with E-state index in [4.69, 9.17) is 18.9 Å². The third kappa shape index (κ3) is 5.55. The van der Waals surface area contributed by atoms with Crippen molar-refractivity contribution in [2.45, 2.75) is 17.7 Å². The van der Waals surface area contributed by atoms with Gasteiger partial charge in [0.15, 0.2) is 11.5 Å². The van der Waals surface area contributed by atoms with Gasteiger partial charge in [0.05, 0.1) is 32.3 Å². The maximum absolute atomic E-state index is 12.5. The molecule has 1 aliphatic heterocycles. The number of nitrogens with one attached hydrogen (secondary N) is 2. The van der Waals surface area contributed by atoms with Gasteiger partial charge in [-0.3, -0.25) is 4.79 Å². The van der Waals surface area contributed by atoms with Crippen molar-refractivity contribution >= 4 is 21.6 Å². The van der Waals surface area contributed by atoms with Gasteiger partial charge in [-0.2, -0.15) is 0 Å². The van der Waals surface area contributed by atoms with E-state index in [0.29, 0.717) is 41.9 Å². The van der Waals surface area contributed by atoms with Gasteiger partial charge in [-0.15, -0.1) is 0 Å². The van der Waals surface area contributed by atoms with Crippen LogP contribution in [-0.2, 0) is 14.8 Å². The maximum atomic E-state index is 12.5. The van der Waals surface area contributed by atoms with Crippen LogP contribution in [-0.4, -0.2) is 48.3 Å². The highest BCUT2D eigenvalue weighted by atomic mass is 32.2. The Morgan fingerprint density at radius 2 is 1.67 bits per heavy atom. The molecule has 0 unspecified atom stereocenters. The lowest BCUT2D eigenvalue weighted by molar-refractivity contribution is -0.116. The second-order valence-corrected chi connectivity index (χ2v) is 8.22. The number of fused-ring (bicyclic) bond motifs is 1. The summed E-state index contributed by atoms with van der Waals surface area (Å²) in [7, 11) is -0.784.